The van der Waals surface area contributed by atoms with Crippen molar-refractivity contribution in [3.05, 3.63) is 59.7 Å². The molecule has 0 saturated heterocycles. The molecule has 0 amide bonds. The van der Waals surface area contributed by atoms with E-state index in [9.17, 15) is 0 Å². The lowest BCUT2D eigenvalue weighted by Crippen LogP contribution is -2.12. The van der Waals surface area contributed by atoms with Crippen LogP contribution in [0.3, 0.4) is 0 Å². The van der Waals surface area contributed by atoms with Crippen LogP contribution in [0.1, 0.15) is 25.0 Å². The van der Waals surface area contributed by atoms with Gasteiger partial charge in [0.1, 0.15) is 19.0 Å². The van der Waals surface area contributed by atoms with Gasteiger partial charge in [0.25, 0.3) is 0 Å². The van der Waals surface area contributed by atoms with Crippen LogP contribution in [0.4, 0.5) is 0 Å². The molecule has 2 aromatic carbocycles. The van der Waals surface area contributed by atoms with Crippen LogP contribution < -0.4 is 14.2 Å². The summed E-state index contributed by atoms with van der Waals surface area (Å²) in [5.74, 6) is 2.31. The minimum atomic E-state index is 0.463. The van der Waals surface area contributed by atoms with Crippen LogP contribution in [-0.4, -0.2) is 33.5 Å². The topological polar surface area (TPSA) is 36.9 Å². The number of allylic oxidation sites excluding steroid dienone is 1. The number of hydrogen-bond acceptors (Lipinski definition) is 4. The molecule has 2 aromatic rings. The normalized spacial score (nSPS) is 10.9. The zero-order chi connectivity index (χ0) is 18.6. The number of ether oxygens (including phenoxy) is 4. The molecule has 0 N–H and O–H groups in total. The first kappa shape index (κ1) is 19.9. The summed E-state index contributed by atoms with van der Waals surface area (Å²) < 4.78 is 22.3. The Balaban J connectivity index is 1.64. The molecule has 0 aromatic heterocycles. The quantitative estimate of drug-likeness (QED) is 0.544. The minimum Gasteiger partial charge on any atom is -0.493 e. The SMILES string of the molecule is C/C=C/c1ccc(OCCOCCOc2ccc(CC)cc2)c(OC)c1. The predicted molar refractivity (Wildman–Crippen MR) is 105 cm³/mol. The van der Waals surface area contributed by atoms with Crippen molar-refractivity contribution in [1.82, 2.24) is 0 Å². The molecule has 0 atom stereocenters. The average molecular weight is 356 g/mol. The largest absolute Gasteiger partial charge is 0.493 e. The highest BCUT2D eigenvalue weighted by Gasteiger charge is 2.04. The first-order valence-corrected chi connectivity index (χ1v) is 8.99. The average Bonchev–Trinajstić information content (AvgIpc) is 2.68. The molecule has 26 heavy (non-hydrogen) atoms. The Morgan fingerprint density at radius 2 is 1.58 bits per heavy atom. The zero-order valence-electron chi connectivity index (χ0n) is 15.9. The van der Waals surface area contributed by atoms with Gasteiger partial charge in [-0.3, -0.25) is 0 Å². The van der Waals surface area contributed by atoms with Crippen molar-refractivity contribution >= 4 is 6.08 Å². The standard InChI is InChI=1S/C22H28O4/c1-4-6-19-9-12-21(22(17-19)23-3)26-16-14-24-13-15-25-20-10-7-18(5-2)8-11-20/h4,6-12,17H,5,13-16H2,1-3H3/b6-4+. The number of benzene rings is 2. The van der Waals surface area contributed by atoms with Crippen molar-refractivity contribution in [3.63, 3.8) is 0 Å². The van der Waals surface area contributed by atoms with Crippen LogP contribution in [0.2, 0.25) is 0 Å². The van der Waals surface area contributed by atoms with E-state index < -0.39 is 0 Å². The molecule has 0 bridgehead atoms. The Morgan fingerprint density at radius 1 is 0.846 bits per heavy atom. The Labute approximate surface area is 156 Å². The predicted octanol–water partition coefficient (Wildman–Crippen LogP) is 4.77. The monoisotopic (exact) mass is 356 g/mol. The summed E-state index contributed by atoms with van der Waals surface area (Å²) in [6.07, 6.45) is 5.04. The van der Waals surface area contributed by atoms with Crippen molar-refractivity contribution < 1.29 is 18.9 Å². The molecule has 4 heteroatoms. The second-order valence-electron chi connectivity index (χ2n) is 5.72. The Morgan fingerprint density at radius 3 is 2.23 bits per heavy atom. The van der Waals surface area contributed by atoms with E-state index in [4.69, 9.17) is 18.9 Å². The van der Waals surface area contributed by atoms with Crippen molar-refractivity contribution in [3.8, 4) is 17.2 Å². The fraction of sp³-hybridized carbons (Fsp3) is 0.364. The molecule has 0 unspecified atom stereocenters. The van der Waals surface area contributed by atoms with Gasteiger partial charge in [0.05, 0.1) is 20.3 Å². The van der Waals surface area contributed by atoms with E-state index in [2.05, 4.69) is 19.1 Å². The van der Waals surface area contributed by atoms with Crippen LogP contribution in [0.25, 0.3) is 6.08 Å². The molecule has 2 rings (SSSR count). The fourth-order valence-electron chi connectivity index (χ4n) is 2.45. The third-order valence-corrected chi connectivity index (χ3v) is 3.86. The molecule has 4 nitrogen and oxygen atoms in total. The summed E-state index contributed by atoms with van der Waals surface area (Å²) >= 11 is 0. The zero-order valence-corrected chi connectivity index (χ0v) is 15.9. The van der Waals surface area contributed by atoms with Crippen LogP contribution >= 0.6 is 0 Å². The van der Waals surface area contributed by atoms with Crippen molar-refractivity contribution in [2.24, 2.45) is 0 Å². The summed E-state index contributed by atoms with van der Waals surface area (Å²) in [7, 11) is 1.64. The maximum atomic E-state index is 5.74. The van der Waals surface area contributed by atoms with E-state index in [1.54, 1.807) is 7.11 Å². The number of aryl methyl sites for hydroxylation is 1. The number of hydrogen-bond donors (Lipinski definition) is 0. The molecule has 0 spiro atoms. The smallest absolute Gasteiger partial charge is 0.161 e. The Bertz CT molecular complexity index is 677. The summed E-state index contributed by atoms with van der Waals surface area (Å²) in [6, 6.07) is 14.0. The van der Waals surface area contributed by atoms with E-state index in [1.807, 2.05) is 49.4 Å². The first-order chi connectivity index (χ1) is 12.8. The molecule has 0 radical (unpaired) electrons. The molecule has 0 heterocycles. The molecular formula is C22H28O4. The lowest BCUT2D eigenvalue weighted by atomic mass is 10.2. The highest BCUT2D eigenvalue weighted by atomic mass is 16.6. The van der Waals surface area contributed by atoms with Gasteiger partial charge < -0.3 is 18.9 Å². The second kappa shape index (κ2) is 11.2. The van der Waals surface area contributed by atoms with Gasteiger partial charge in [0.2, 0.25) is 0 Å². The summed E-state index contributed by atoms with van der Waals surface area (Å²) in [4.78, 5) is 0. The van der Waals surface area contributed by atoms with Gasteiger partial charge in [-0.2, -0.15) is 0 Å². The Kier molecular flexibility index (Phi) is 8.56. The molecule has 0 aliphatic rings. The fourth-order valence-corrected chi connectivity index (χ4v) is 2.45. The van der Waals surface area contributed by atoms with Crippen molar-refractivity contribution in [1.29, 1.82) is 0 Å². The molecule has 0 saturated carbocycles. The van der Waals surface area contributed by atoms with Crippen LogP contribution in [0.15, 0.2) is 48.5 Å². The van der Waals surface area contributed by atoms with Gasteiger partial charge in [-0.1, -0.05) is 37.3 Å². The van der Waals surface area contributed by atoms with Crippen LogP contribution in [-0.2, 0) is 11.2 Å². The third-order valence-electron chi connectivity index (χ3n) is 3.86. The molecular weight excluding hydrogens is 328 g/mol. The van der Waals surface area contributed by atoms with Gasteiger partial charge in [0.15, 0.2) is 11.5 Å². The maximum absolute atomic E-state index is 5.74. The van der Waals surface area contributed by atoms with E-state index in [1.165, 1.54) is 5.56 Å². The minimum absolute atomic E-state index is 0.463. The summed E-state index contributed by atoms with van der Waals surface area (Å²) in [5, 5.41) is 0. The van der Waals surface area contributed by atoms with Gasteiger partial charge in [-0.05, 0) is 48.7 Å². The van der Waals surface area contributed by atoms with Gasteiger partial charge in [-0.25, -0.2) is 0 Å². The second-order valence-corrected chi connectivity index (χ2v) is 5.72. The summed E-state index contributed by atoms with van der Waals surface area (Å²) in [5.41, 5.74) is 2.39. The van der Waals surface area contributed by atoms with Crippen molar-refractivity contribution in [2.75, 3.05) is 33.5 Å². The van der Waals surface area contributed by atoms with E-state index in [-0.39, 0.29) is 0 Å². The lowest BCUT2D eigenvalue weighted by Gasteiger charge is -2.12. The lowest BCUT2D eigenvalue weighted by molar-refractivity contribution is 0.0757. The molecule has 0 fully saturated rings. The molecule has 0 aliphatic carbocycles. The van der Waals surface area contributed by atoms with Gasteiger partial charge in [-0.15, -0.1) is 0 Å². The van der Waals surface area contributed by atoms with Crippen molar-refractivity contribution in [2.45, 2.75) is 20.3 Å². The highest BCUT2D eigenvalue weighted by Crippen LogP contribution is 2.28. The van der Waals surface area contributed by atoms with E-state index in [0.29, 0.717) is 26.4 Å². The van der Waals surface area contributed by atoms with Crippen LogP contribution in [0.5, 0.6) is 17.2 Å². The summed E-state index contributed by atoms with van der Waals surface area (Å²) in [6.45, 7) is 6.13. The maximum Gasteiger partial charge on any atom is 0.161 e. The van der Waals surface area contributed by atoms with Crippen LogP contribution in [0, 0.1) is 0 Å². The third kappa shape index (κ3) is 6.45. The Hall–Kier alpha value is -2.46. The highest BCUT2D eigenvalue weighted by molar-refractivity contribution is 5.55. The van der Waals surface area contributed by atoms with E-state index in [0.717, 1.165) is 29.2 Å². The molecule has 0 aliphatic heterocycles. The first-order valence-electron chi connectivity index (χ1n) is 8.99. The number of rotatable bonds is 11. The van der Waals surface area contributed by atoms with Gasteiger partial charge >= 0.3 is 0 Å². The number of methoxy groups -OCH3 is 1. The van der Waals surface area contributed by atoms with E-state index >= 15 is 0 Å². The van der Waals surface area contributed by atoms with Gasteiger partial charge in [0, 0.05) is 0 Å². The molecule has 140 valence electrons.